The van der Waals surface area contributed by atoms with Crippen LogP contribution in [0.1, 0.15) is 10.4 Å². The van der Waals surface area contributed by atoms with E-state index < -0.39 is 0 Å². The Bertz CT molecular complexity index is 595. The van der Waals surface area contributed by atoms with E-state index in [4.69, 9.17) is 23.2 Å². The first-order valence-corrected chi connectivity index (χ1v) is 7.56. The van der Waals surface area contributed by atoms with Crippen molar-refractivity contribution < 1.29 is 4.79 Å². The van der Waals surface area contributed by atoms with Gasteiger partial charge in [-0.2, -0.15) is 0 Å². The number of hydrogen-bond donors (Lipinski definition) is 1. The molecule has 0 saturated carbocycles. The topological polar surface area (TPSA) is 54.9 Å². The third-order valence-electron chi connectivity index (χ3n) is 2.36. The molecular formula is C13H11Cl2N3OS. The van der Waals surface area contributed by atoms with Crippen LogP contribution in [0.15, 0.2) is 41.3 Å². The number of aromatic nitrogens is 2. The van der Waals surface area contributed by atoms with Crippen LogP contribution in [-0.4, -0.2) is 28.4 Å². The molecule has 1 aromatic carbocycles. The second-order valence-corrected chi connectivity index (χ2v) is 5.70. The molecule has 0 aliphatic carbocycles. The fourth-order valence-corrected chi connectivity index (χ4v) is 2.57. The van der Waals surface area contributed by atoms with Crippen LogP contribution in [0.2, 0.25) is 10.3 Å². The molecule has 0 spiro atoms. The number of rotatable bonds is 5. The van der Waals surface area contributed by atoms with Crippen LogP contribution in [0, 0.1) is 0 Å². The second kappa shape index (κ2) is 7.47. The van der Waals surface area contributed by atoms with E-state index in [0.29, 0.717) is 6.54 Å². The van der Waals surface area contributed by atoms with Gasteiger partial charge in [0.1, 0.15) is 0 Å². The number of nitrogens with zero attached hydrogens (tertiary/aromatic N) is 2. The summed E-state index contributed by atoms with van der Waals surface area (Å²) in [7, 11) is 0. The Kier molecular flexibility index (Phi) is 5.64. The van der Waals surface area contributed by atoms with E-state index in [2.05, 4.69) is 15.5 Å². The Balaban J connectivity index is 1.82. The summed E-state index contributed by atoms with van der Waals surface area (Å²) in [6.45, 7) is 0.522. The van der Waals surface area contributed by atoms with Crippen molar-refractivity contribution in [1.29, 1.82) is 0 Å². The monoisotopic (exact) mass is 327 g/mol. The number of carbonyl (C=O) groups is 1. The summed E-state index contributed by atoms with van der Waals surface area (Å²) in [6, 6.07) is 11.4. The van der Waals surface area contributed by atoms with Crippen molar-refractivity contribution in [2.75, 3.05) is 12.3 Å². The van der Waals surface area contributed by atoms with E-state index >= 15 is 0 Å². The zero-order valence-electron chi connectivity index (χ0n) is 10.3. The Hall–Kier alpha value is -1.30. The fraction of sp³-hybridized carbons (Fsp3) is 0.154. The molecule has 1 N–H and O–H groups in total. The van der Waals surface area contributed by atoms with Gasteiger partial charge < -0.3 is 5.32 Å². The quantitative estimate of drug-likeness (QED) is 0.676. The van der Waals surface area contributed by atoms with E-state index in [1.165, 1.54) is 6.07 Å². The maximum absolute atomic E-state index is 11.9. The van der Waals surface area contributed by atoms with Gasteiger partial charge in [0, 0.05) is 17.2 Å². The highest BCUT2D eigenvalue weighted by atomic mass is 35.5. The van der Waals surface area contributed by atoms with Gasteiger partial charge in [-0.05, 0) is 18.2 Å². The number of carbonyl (C=O) groups excluding carboxylic acids is 1. The van der Waals surface area contributed by atoms with E-state index in [0.717, 1.165) is 10.6 Å². The van der Waals surface area contributed by atoms with Crippen LogP contribution in [0.3, 0.4) is 0 Å². The highest BCUT2D eigenvalue weighted by Crippen LogP contribution is 2.17. The number of thioether (sulfide) groups is 1. The van der Waals surface area contributed by atoms with Gasteiger partial charge in [0.05, 0.1) is 5.56 Å². The number of benzene rings is 1. The van der Waals surface area contributed by atoms with Crippen LogP contribution in [0.4, 0.5) is 0 Å². The van der Waals surface area contributed by atoms with Crippen molar-refractivity contribution in [2.45, 2.75) is 4.90 Å². The van der Waals surface area contributed by atoms with Crippen molar-refractivity contribution in [1.82, 2.24) is 15.5 Å². The number of nitrogens with one attached hydrogen (secondary N) is 1. The maximum atomic E-state index is 11.9. The molecule has 0 unspecified atom stereocenters. The van der Waals surface area contributed by atoms with Crippen molar-refractivity contribution in [3.05, 3.63) is 52.3 Å². The summed E-state index contributed by atoms with van der Waals surface area (Å²) >= 11 is 13.2. The van der Waals surface area contributed by atoms with Crippen LogP contribution >= 0.6 is 35.0 Å². The zero-order valence-corrected chi connectivity index (χ0v) is 12.7. The molecule has 0 atom stereocenters. The first-order chi connectivity index (χ1) is 9.66. The normalized spacial score (nSPS) is 10.3. The van der Waals surface area contributed by atoms with Crippen LogP contribution in [0.5, 0.6) is 0 Å². The summed E-state index contributed by atoms with van der Waals surface area (Å²) in [5.41, 5.74) is 0.233. The standard InChI is InChI=1S/C13H11Cl2N3OS/c14-11-8-10(12(15)18-17-11)13(19)16-6-7-20-9-4-2-1-3-5-9/h1-5,8H,6-7H2,(H,16,19). The molecule has 104 valence electrons. The van der Waals surface area contributed by atoms with Gasteiger partial charge >= 0.3 is 0 Å². The Morgan fingerprint density at radius 3 is 2.70 bits per heavy atom. The molecule has 2 rings (SSSR count). The maximum Gasteiger partial charge on any atom is 0.254 e. The van der Waals surface area contributed by atoms with Gasteiger partial charge in [0.2, 0.25) is 0 Å². The zero-order chi connectivity index (χ0) is 14.4. The minimum absolute atomic E-state index is 0.0441. The smallest absolute Gasteiger partial charge is 0.254 e. The summed E-state index contributed by atoms with van der Waals surface area (Å²) in [5, 5.41) is 10.1. The van der Waals surface area contributed by atoms with E-state index in [1.54, 1.807) is 11.8 Å². The van der Waals surface area contributed by atoms with E-state index in [1.807, 2.05) is 30.3 Å². The highest BCUT2D eigenvalue weighted by molar-refractivity contribution is 7.99. The molecule has 1 heterocycles. The third kappa shape index (κ3) is 4.37. The van der Waals surface area contributed by atoms with Gasteiger partial charge in [-0.25, -0.2) is 0 Å². The van der Waals surface area contributed by atoms with Gasteiger partial charge in [0.15, 0.2) is 10.3 Å². The van der Waals surface area contributed by atoms with Gasteiger partial charge in [0.25, 0.3) is 5.91 Å². The van der Waals surface area contributed by atoms with Gasteiger partial charge in [-0.15, -0.1) is 22.0 Å². The fourth-order valence-electron chi connectivity index (χ4n) is 1.46. The van der Waals surface area contributed by atoms with Crippen molar-refractivity contribution in [3.8, 4) is 0 Å². The SMILES string of the molecule is O=C(NCCSc1ccccc1)c1cc(Cl)nnc1Cl. The van der Waals surface area contributed by atoms with Crippen LogP contribution < -0.4 is 5.32 Å². The summed E-state index contributed by atoms with van der Waals surface area (Å²) in [5.74, 6) is 0.458. The van der Waals surface area contributed by atoms with Crippen molar-refractivity contribution in [2.24, 2.45) is 0 Å². The molecule has 4 nitrogen and oxygen atoms in total. The van der Waals surface area contributed by atoms with Crippen LogP contribution in [0.25, 0.3) is 0 Å². The minimum atomic E-state index is -0.305. The highest BCUT2D eigenvalue weighted by Gasteiger charge is 2.12. The Morgan fingerprint density at radius 1 is 1.20 bits per heavy atom. The number of hydrogen-bond acceptors (Lipinski definition) is 4. The van der Waals surface area contributed by atoms with E-state index in [-0.39, 0.29) is 21.8 Å². The Morgan fingerprint density at radius 2 is 1.95 bits per heavy atom. The summed E-state index contributed by atoms with van der Waals surface area (Å²) in [6.07, 6.45) is 0. The largest absolute Gasteiger partial charge is 0.351 e. The van der Waals surface area contributed by atoms with Crippen LogP contribution in [-0.2, 0) is 0 Å². The molecule has 20 heavy (non-hydrogen) atoms. The lowest BCUT2D eigenvalue weighted by Crippen LogP contribution is -2.26. The molecule has 0 saturated heterocycles. The number of halogens is 2. The average Bonchev–Trinajstić information content (AvgIpc) is 2.47. The third-order valence-corrected chi connectivity index (χ3v) is 3.84. The van der Waals surface area contributed by atoms with E-state index in [9.17, 15) is 4.79 Å². The molecule has 1 amide bonds. The second-order valence-electron chi connectivity index (χ2n) is 3.79. The molecule has 0 fully saturated rings. The van der Waals surface area contributed by atoms with Gasteiger partial charge in [-0.3, -0.25) is 4.79 Å². The number of amides is 1. The molecular weight excluding hydrogens is 317 g/mol. The molecule has 0 aliphatic heterocycles. The Labute approximate surface area is 130 Å². The molecule has 7 heteroatoms. The van der Waals surface area contributed by atoms with Gasteiger partial charge in [-0.1, -0.05) is 41.4 Å². The minimum Gasteiger partial charge on any atom is -0.351 e. The average molecular weight is 328 g/mol. The predicted molar refractivity (Wildman–Crippen MR) is 81.6 cm³/mol. The molecule has 2 aromatic rings. The summed E-state index contributed by atoms with van der Waals surface area (Å²) < 4.78 is 0. The predicted octanol–water partition coefficient (Wildman–Crippen LogP) is 3.31. The molecule has 0 radical (unpaired) electrons. The first-order valence-electron chi connectivity index (χ1n) is 5.81. The lowest BCUT2D eigenvalue weighted by Gasteiger charge is -2.06. The summed E-state index contributed by atoms with van der Waals surface area (Å²) in [4.78, 5) is 13.1. The van der Waals surface area contributed by atoms with Crippen molar-refractivity contribution in [3.63, 3.8) is 0 Å². The molecule has 0 bridgehead atoms. The first kappa shape index (κ1) is 15.1. The van der Waals surface area contributed by atoms with Crippen molar-refractivity contribution >= 4 is 40.9 Å². The lowest BCUT2D eigenvalue weighted by atomic mass is 10.3. The molecule has 0 aliphatic rings. The molecule has 1 aromatic heterocycles. The lowest BCUT2D eigenvalue weighted by molar-refractivity contribution is 0.0956.